The van der Waals surface area contributed by atoms with Crippen LogP contribution < -0.4 is 9.47 Å². The SMILES string of the molecule is COc1ccc(-c2noc(CCCCCN3C(=O)c4ccccc4C3=O)n2)cc1OC. The molecule has 1 aromatic heterocycles. The minimum atomic E-state index is -0.211. The Kier molecular flexibility index (Phi) is 5.97. The summed E-state index contributed by atoms with van der Waals surface area (Å²) in [5, 5.41) is 4.04. The molecule has 2 heterocycles. The third-order valence-electron chi connectivity index (χ3n) is 5.26. The van der Waals surface area contributed by atoms with Gasteiger partial charge in [-0.15, -0.1) is 0 Å². The molecular weight excluding hydrogens is 398 g/mol. The number of fused-ring (bicyclic) bond motifs is 1. The second-order valence-corrected chi connectivity index (χ2v) is 7.20. The number of hydrogen-bond donors (Lipinski definition) is 0. The first-order chi connectivity index (χ1) is 15.1. The number of rotatable bonds is 9. The van der Waals surface area contributed by atoms with Gasteiger partial charge < -0.3 is 14.0 Å². The van der Waals surface area contributed by atoms with Gasteiger partial charge in [-0.05, 0) is 43.2 Å². The third-order valence-corrected chi connectivity index (χ3v) is 5.26. The molecule has 8 heteroatoms. The number of nitrogens with zero attached hydrogens (tertiary/aromatic N) is 3. The predicted octanol–water partition coefficient (Wildman–Crippen LogP) is 3.76. The van der Waals surface area contributed by atoms with Crippen LogP contribution in [0.2, 0.25) is 0 Å². The van der Waals surface area contributed by atoms with E-state index in [2.05, 4.69) is 10.1 Å². The number of aromatic nitrogens is 2. The summed E-state index contributed by atoms with van der Waals surface area (Å²) in [6.07, 6.45) is 3.00. The summed E-state index contributed by atoms with van der Waals surface area (Å²) in [7, 11) is 3.16. The number of aryl methyl sites for hydroxylation is 1. The molecule has 0 aliphatic carbocycles. The fraction of sp³-hybridized carbons (Fsp3) is 0.304. The van der Waals surface area contributed by atoms with Gasteiger partial charge in [-0.2, -0.15) is 4.98 Å². The average molecular weight is 421 g/mol. The van der Waals surface area contributed by atoms with Crippen LogP contribution in [0, 0.1) is 0 Å². The summed E-state index contributed by atoms with van der Waals surface area (Å²) in [5.74, 6) is 1.84. The van der Waals surface area contributed by atoms with Gasteiger partial charge >= 0.3 is 0 Å². The zero-order valence-electron chi connectivity index (χ0n) is 17.5. The summed E-state index contributed by atoms with van der Waals surface area (Å²) < 4.78 is 15.9. The lowest BCUT2D eigenvalue weighted by Gasteiger charge is -2.13. The van der Waals surface area contributed by atoms with Crippen molar-refractivity contribution in [1.29, 1.82) is 0 Å². The quantitative estimate of drug-likeness (QED) is 0.383. The van der Waals surface area contributed by atoms with E-state index in [1.54, 1.807) is 50.6 Å². The highest BCUT2D eigenvalue weighted by Crippen LogP contribution is 2.31. The van der Waals surface area contributed by atoms with Gasteiger partial charge in [0.1, 0.15) is 0 Å². The number of carbonyl (C=O) groups excluding carboxylic acids is 2. The summed E-state index contributed by atoms with van der Waals surface area (Å²) in [4.78, 5) is 30.5. The molecule has 31 heavy (non-hydrogen) atoms. The molecule has 0 atom stereocenters. The fourth-order valence-electron chi connectivity index (χ4n) is 3.61. The van der Waals surface area contributed by atoms with E-state index in [9.17, 15) is 9.59 Å². The largest absolute Gasteiger partial charge is 0.493 e. The summed E-state index contributed by atoms with van der Waals surface area (Å²) >= 11 is 0. The first-order valence-corrected chi connectivity index (χ1v) is 10.1. The van der Waals surface area contributed by atoms with Crippen molar-refractivity contribution >= 4 is 11.8 Å². The van der Waals surface area contributed by atoms with Crippen LogP contribution in [0.15, 0.2) is 47.0 Å². The number of hydrogen-bond acceptors (Lipinski definition) is 7. The molecule has 0 fully saturated rings. The van der Waals surface area contributed by atoms with Crippen LogP contribution in [0.1, 0.15) is 45.9 Å². The first-order valence-electron chi connectivity index (χ1n) is 10.1. The Labute approximate surface area is 179 Å². The van der Waals surface area contributed by atoms with Crippen molar-refractivity contribution in [2.24, 2.45) is 0 Å². The van der Waals surface area contributed by atoms with Gasteiger partial charge in [0.15, 0.2) is 11.5 Å². The van der Waals surface area contributed by atoms with E-state index in [-0.39, 0.29) is 11.8 Å². The molecule has 1 aliphatic rings. The molecule has 0 radical (unpaired) electrons. The van der Waals surface area contributed by atoms with Crippen molar-refractivity contribution < 1.29 is 23.6 Å². The second kappa shape index (κ2) is 8.99. The van der Waals surface area contributed by atoms with Crippen molar-refractivity contribution in [1.82, 2.24) is 15.0 Å². The van der Waals surface area contributed by atoms with Gasteiger partial charge in [0, 0.05) is 18.5 Å². The molecule has 2 aromatic carbocycles. The predicted molar refractivity (Wildman–Crippen MR) is 112 cm³/mol. The minimum Gasteiger partial charge on any atom is -0.493 e. The standard InChI is InChI=1S/C23H23N3O5/c1-29-18-12-11-15(14-19(18)30-2)21-24-20(31-25-21)10-4-3-7-13-26-22(27)16-8-5-6-9-17(16)23(26)28/h5-6,8-9,11-12,14H,3-4,7,10,13H2,1-2H3. The average Bonchev–Trinajstić information content (AvgIpc) is 3.37. The molecule has 0 spiro atoms. The van der Waals surface area contributed by atoms with Gasteiger partial charge in [-0.25, -0.2) is 0 Å². The maximum Gasteiger partial charge on any atom is 0.261 e. The Morgan fingerprint density at radius 2 is 1.61 bits per heavy atom. The van der Waals surface area contributed by atoms with E-state index < -0.39 is 0 Å². The van der Waals surface area contributed by atoms with Crippen molar-refractivity contribution in [2.75, 3.05) is 20.8 Å². The van der Waals surface area contributed by atoms with Gasteiger partial charge in [-0.1, -0.05) is 23.7 Å². The van der Waals surface area contributed by atoms with Crippen LogP contribution in [0.5, 0.6) is 11.5 Å². The molecule has 0 unspecified atom stereocenters. The molecule has 3 aromatic rings. The van der Waals surface area contributed by atoms with Crippen molar-refractivity contribution in [3.8, 4) is 22.9 Å². The highest BCUT2D eigenvalue weighted by Gasteiger charge is 2.34. The fourth-order valence-corrected chi connectivity index (χ4v) is 3.61. The molecule has 0 N–H and O–H groups in total. The van der Waals surface area contributed by atoms with Gasteiger partial charge in [0.25, 0.3) is 11.8 Å². The van der Waals surface area contributed by atoms with Crippen molar-refractivity contribution in [3.05, 3.63) is 59.5 Å². The molecule has 8 nitrogen and oxygen atoms in total. The highest BCUT2D eigenvalue weighted by atomic mass is 16.5. The van der Waals surface area contributed by atoms with Crippen molar-refractivity contribution in [2.45, 2.75) is 25.7 Å². The Morgan fingerprint density at radius 3 is 2.29 bits per heavy atom. The van der Waals surface area contributed by atoms with E-state index in [4.69, 9.17) is 14.0 Å². The van der Waals surface area contributed by atoms with Crippen LogP contribution in [-0.2, 0) is 6.42 Å². The maximum atomic E-state index is 12.4. The molecule has 0 saturated heterocycles. The van der Waals surface area contributed by atoms with Gasteiger partial charge in [0.05, 0.1) is 25.3 Å². The van der Waals surface area contributed by atoms with Crippen LogP contribution in [0.25, 0.3) is 11.4 Å². The Hall–Kier alpha value is -3.68. The van der Waals surface area contributed by atoms with E-state index in [1.165, 1.54) is 4.90 Å². The molecule has 0 bridgehead atoms. The molecular formula is C23H23N3O5. The van der Waals surface area contributed by atoms with Crippen molar-refractivity contribution in [3.63, 3.8) is 0 Å². The maximum absolute atomic E-state index is 12.4. The number of ether oxygens (including phenoxy) is 2. The summed E-state index contributed by atoms with van der Waals surface area (Å²) in [6.45, 7) is 0.410. The molecule has 160 valence electrons. The smallest absolute Gasteiger partial charge is 0.261 e. The Morgan fingerprint density at radius 1 is 0.903 bits per heavy atom. The van der Waals surface area contributed by atoms with Crippen LogP contribution in [-0.4, -0.2) is 47.6 Å². The zero-order chi connectivity index (χ0) is 21.8. The Balaban J connectivity index is 1.27. The second-order valence-electron chi connectivity index (χ2n) is 7.20. The molecule has 0 saturated carbocycles. The number of imide groups is 1. The van der Waals surface area contributed by atoms with Gasteiger partial charge in [-0.3, -0.25) is 14.5 Å². The number of methoxy groups -OCH3 is 2. The van der Waals surface area contributed by atoms with E-state index >= 15 is 0 Å². The zero-order valence-corrected chi connectivity index (χ0v) is 17.5. The molecule has 1 aliphatic heterocycles. The first kappa shape index (κ1) is 20.6. The lowest BCUT2D eigenvalue weighted by molar-refractivity contribution is 0.0651. The van der Waals surface area contributed by atoms with E-state index in [0.717, 1.165) is 24.8 Å². The van der Waals surface area contributed by atoms with Gasteiger partial charge in [0.2, 0.25) is 11.7 Å². The van der Waals surface area contributed by atoms with Crippen LogP contribution >= 0.6 is 0 Å². The van der Waals surface area contributed by atoms with Crippen LogP contribution in [0.3, 0.4) is 0 Å². The monoisotopic (exact) mass is 421 g/mol. The minimum absolute atomic E-state index is 0.211. The van der Waals surface area contributed by atoms with E-state index in [0.29, 0.717) is 47.3 Å². The topological polar surface area (TPSA) is 94.8 Å². The lowest BCUT2D eigenvalue weighted by Crippen LogP contribution is -2.30. The number of benzene rings is 2. The Bertz CT molecular complexity index is 1070. The molecule has 4 rings (SSSR count). The summed E-state index contributed by atoms with van der Waals surface area (Å²) in [6, 6.07) is 12.4. The normalized spacial score (nSPS) is 12.9. The summed E-state index contributed by atoms with van der Waals surface area (Å²) in [5.41, 5.74) is 1.75. The number of amides is 2. The number of unbranched alkanes of at least 4 members (excludes halogenated alkanes) is 2. The lowest BCUT2D eigenvalue weighted by atomic mass is 10.1. The highest BCUT2D eigenvalue weighted by molar-refractivity contribution is 6.21. The van der Waals surface area contributed by atoms with Crippen LogP contribution in [0.4, 0.5) is 0 Å². The number of carbonyl (C=O) groups is 2. The molecule has 2 amide bonds. The van der Waals surface area contributed by atoms with E-state index in [1.807, 2.05) is 6.07 Å². The third kappa shape index (κ3) is 4.14.